The Morgan fingerprint density at radius 1 is 1.18 bits per heavy atom. The Balaban J connectivity index is 0.00000109. The second-order valence-corrected chi connectivity index (χ2v) is 6.78. The van der Waals surface area contributed by atoms with Crippen molar-refractivity contribution in [2.24, 2.45) is 11.7 Å². The Kier molecular flexibility index (Phi) is 6.68. The maximum Gasteiger partial charge on any atom is 0.140 e. The molecule has 2 heterocycles. The highest BCUT2D eigenvalue weighted by Crippen LogP contribution is 2.35. The number of nitrogens with two attached hydrogens (primary N) is 1. The van der Waals surface area contributed by atoms with Crippen LogP contribution in [-0.4, -0.2) is 41.6 Å². The number of carbonyl (C=O) groups excluding carboxylic acids is 1. The molecule has 1 aromatic heterocycles. The predicted molar refractivity (Wildman–Crippen MR) is 112 cm³/mol. The van der Waals surface area contributed by atoms with Crippen LogP contribution in [-0.2, 0) is 11.3 Å². The van der Waals surface area contributed by atoms with E-state index in [1.54, 1.807) is 6.33 Å². The third-order valence-corrected chi connectivity index (χ3v) is 5.09. The Morgan fingerprint density at radius 2 is 1.96 bits per heavy atom. The zero-order valence-electron chi connectivity index (χ0n) is 16.1. The van der Waals surface area contributed by atoms with Crippen molar-refractivity contribution in [2.45, 2.75) is 19.4 Å². The summed E-state index contributed by atoms with van der Waals surface area (Å²) in [5.74, 6) is 0.991. The van der Waals surface area contributed by atoms with Crippen LogP contribution < -0.4 is 10.6 Å². The normalized spacial score (nSPS) is 16.4. The van der Waals surface area contributed by atoms with Crippen molar-refractivity contribution < 1.29 is 9.90 Å². The average molecular weight is 378 g/mol. The smallest absolute Gasteiger partial charge is 0.140 e. The van der Waals surface area contributed by atoms with E-state index in [2.05, 4.69) is 45.2 Å². The second-order valence-electron chi connectivity index (χ2n) is 6.78. The summed E-state index contributed by atoms with van der Waals surface area (Å²) >= 11 is 0. The maximum absolute atomic E-state index is 11.3. The van der Waals surface area contributed by atoms with Crippen molar-refractivity contribution in [3.8, 4) is 11.1 Å². The van der Waals surface area contributed by atoms with Crippen LogP contribution in [0.4, 0.5) is 5.82 Å². The summed E-state index contributed by atoms with van der Waals surface area (Å²) in [5.41, 5.74) is 9.97. The summed E-state index contributed by atoms with van der Waals surface area (Å²) in [7, 11) is 1.00. The number of hydrogen-bond donors (Lipinski definition) is 2. The lowest BCUT2D eigenvalue weighted by Crippen LogP contribution is -2.36. The number of fused-ring (bicyclic) bond motifs is 1. The first-order valence-electron chi connectivity index (χ1n) is 9.48. The van der Waals surface area contributed by atoms with E-state index in [9.17, 15) is 4.79 Å². The van der Waals surface area contributed by atoms with Crippen LogP contribution in [0, 0.1) is 5.92 Å². The summed E-state index contributed by atoms with van der Waals surface area (Å²) < 4.78 is 0. The maximum atomic E-state index is 11.3. The molecule has 1 atom stereocenters. The molecule has 28 heavy (non-hydrogen) atoms. The van der Waals surface area contributed by atoms with E-state index in [1.165, 1.54) is 0 Å². The number of piperidine rings is 1. The molecule has 0 saturated carbocycles. The molecule has 6 nitrogen and oxygen atoms in total. The molecule has 0 bridgehead atoms. The van der Waals surface area contributed by atoms with E-state index in [1.807, 2.05) is 12.1 Å². The lowest BCUT2D eigenvalue weighted by molar-refractivity contribution is -0.111. The number of aldehydes is 1. The fourth-order valence-electron chi connectivity index (χ4n) is 3.71. The minimum atomic E-state index is 0.0739. The second kappa shape index (κ2) is 9.39. The fourth-order valence-corrected chi connectivity index (χ4v) is 3.71. The lowest BCUT2D eigenvalue weighted by Gasteiger charge is -2.32. The molecule has 1 aliphatic rings. The molecular weight excluding hydrogens is 352 g/mol. The van der Waals surface area contributed by atoms with Gasteiger partial charge in [0.05, 0.1) is 10.9 Å². The topological polar surface area (TPSA) is 92.3 Å². The molecular formula is C22H26N4O2. The van der Waals surface area contributed by atoms with Crippen molar-refractivity contribution in [1.82, 2.24) is 9.97 Å². The number of carbonyl (C=O) groups is 1. The highest BCUT2D eigenvalue weighted by molar-refractivity contribution is 6.02. The monoisotopic (exact) mass is 378 g/mol. The summed E-state index contributed by atoms with van der Waals surface area (Å²) in [6, 6.07) is 14.4. The van der Waals surface area contributed by atoms with Gasteiger partial charge in [-0.05, 0) is 35.6 Å². The summed E-state index contributed by atoms with van der Waals surface area (Å²) in [5, 5.41) is 8.04. The summed E-state index contributed by atoms with van der Waals surface area (Å²) in [4.78, 5) is 22.6. The molecule has 3 aromatic rings. The SMILES string of the molecule is CO.NCc1ccc(-c2cccc3ncnc(N4CCCC(C=O)C4)c23)cc1. The van der Waals surface area contributed by atoms with Gasteiger partial charge in [-0.1, -0.05) is 36.4 Å². The molecule has 1 saturated heterocycles. The minimum Gasteiger partial charge on any atom is -0.400 e. The molecule has 1 aliphatic heterocycles. The molecule has 2 aromatic carbocycles. The molecule has 0 aliphatic carbocycles. The molecule has 3 N–H and O–H groups in total. The summed E-state index contributed by atoms with van der Waals surface area (Å²) in [6.07, 6.45) is 4.64. The minimum absolute atomic E-state index is 0.0739. The van der Waals surface area contributed by atoms with Crippen LogP contribution in [0.1, 0.15) is 18.4 Å². The largest absolute Gasteiger partial charge is 0.400 e. The molecule has 0 spiro atoms. The number of aromatic nitrogens is 2. The van der Waals surface area contributed by atoms with Crippen molar-refractivity contribution in [3.05, 3.63) is 54.4 Å². The van der Waals surface area contributed by atoms with Gasteiger partial charge in [0.25, 0.3) is 0 Å². The van der Waals surface area contributed by atoms with Crippen LogP contribution in [0.15, 0.2) is 48.8 Å². The Labute approximate surface area is 165 Å². The van der Waals surface area contributed by atoms with Gasteiger partial charge in [-0.15, -0.1) is 0 Å². The molecule has 0 amide bonds. The van der Waals surface area contributed by atoms with Gasteiger partial charge < -0.3 is 20.5 Å². The first kappa shape index (κ1) is 19.9. The van der Waals surface area contributed by atoms with Gasteiger partial charge in [0, 0.05) is 32.7 Å². The highest BCUT2D eigenvalue weighted by atomic mass is 16.2. The van der Waals surface area contributed by atoms with E-state index in [-0.39, 0.29) is 5.92 Å². The molecule has 1 fully saturated rings. The first-order chi connectivity index (χ1) is 13.8. The third-order valence-electron chi connectivity index (χ3n) is 5.09. The van der Waals surface area contributed by atoms with E-state index >= 15 is 0 Å². The van der Waals surface area contributed by atoms with Gasteiger partial charge in [0.15, 0.2) is 0 Å². The van der Waals surface area contributed by atoms with Crippen molar-refractivity contribution >= 4 is 23.0 Å². The van der Waals surface area contributed by atoms with Crippen molar-refractivity contribution in [2.75, 3.05) is 25.1 Å². The molecule has 4 rings (SSSR count). The Morgan fingerprint density at radius 3 is 2.68 bits per heavy atom. The van der Waals surface area contributed by atoms with Crippen LogP contribution in [0.2, 0.25) is 0 Å². The number of benzene rings is 2. The molecule has 1 unspecified atom stereocenters. The lowest BCUT2D eigenvalue weighted by atomic mass is 9.97. The van der Waals surface area contributed by atoms with E-state index in [0.717, 1.165) is 72.7 Å². The number of hydrogen-bond acceptors (Lipinski definition) is 6. The molecule has 6 heteroatoms. The predicted octanol–water partition coefficient (Wildman–Crippen LogP) is 2.78. The number of anilines is 1. The quantitative estimate of drug-likeness (QED) is 0.678. The van der Waals surface area contributed by atoms with Crippen molar-refractivity contribution in [3.63, 3.8) is 0 Å². The first-order valence-corrected chi connectivity index (χ1v) is 9.48. The van der Waals surface area contributed by atoms with E-state index < -0.39 is 0 Å². The van der Waals surface area contributed by atoms with E-state index in [4.69, 9.17) is 10.8 Å². The number of rotatable bonds is 4. The van der Waals surface area contributed by atoms with Gasteiger partial charge in [0.2, 0.25) is 0 Å². The Bertz CT molecular complexity index is 922. The molecule has 0 radical (unpaired) electrons. The van der Waals surface area contributed by atoms with Crippen LogP contribution in [0.5, 0.6) is 0 Å². The van der Waals surface area contributed by atoms with Gasteiger partial charge >= 0.3 is 0 Å². The molecule has 146 valence electrons. The number of aliphatic hydroxyl groups is 1. The standard InChI is InChI=1S/C21H22N4O.CH4O/c22-11-15-6-8-17(9-7-15)18-4-1-5-19-20(18)21(24-14-23-19)25-10-2-3-16(12-25)13-26;1-2/h1,4-9,13-14,16H,2-3,10-12,22H2;2H,1H3. The average Bonchev–Trinajstić information content (AvgIpc) is 2.79. The third kappa shape index (κ3) is 4.03. The van der Waals surface area contributed by atoms with Gasteiger partial charge in [-0.3, -0.25) is 0 Å². The zero-order chi connectivity index (χ0) is 19.9. The number of aliphatic hydroxyl groups excluding tert-OH is 1. The van der Waals surface area contributed by atoms with E-state index in [0.29, 0.717) is 6.54 Å². The van der Waals surface area contributed by atoms with Crippen molar-refractivity contribution in [1.29, 1.82) is 0 Å². The van der Waals surface area contributed by atoms with Crippen LogP contribution in [0.3, 0.4) is 0 Å². The van der Waals surface area contributed by atoms with Crippen LogP contribution >= 0.6 is 0 Å². The summed E-state index contributed by atoms with van der Waals surface area (Å²) in [6.45, 7) is 2.16. The Hall–Kier alpha value is -2.83. The van der Waals surface area contributed by atoms with Gasteiger partial charge in [-0.2, -0.15) is 0 Å². The van der Waals surface area contributed by atoms with Gasteiger partial charge in [-0.25, -0.2) is 9.97 Å². The number of nitrogens with zero attached hydrogens (tertiary/aromatic N) is 3. The van der Waals surface area contributed by atoms with Crippen LogP contribution in [0.25, 0.3) is 22.0 Å². The highest BCUT2D eigenvalue weighted by Gasteiger charge is 2.23. The van der Waals surface area contributed by atoms with Gasteiger partial charge in [0.1, 0.15) is 18.4 Å². The fraction of sp³-hybridized carbons (Fsp3) is 0.318. The zero-order valence-corrected chi connectivity index (χ0v) is 16.1.